The van der Waals surface area contributed by atoms with E-state index in [9.17, 15) is 4.79 Å². The number of anilines is 1. The number of aromatic amines is 1. The summed E-state index contributed by atoms with van der Waals surface area (Å²) in [5, 5.41) is 9.24. The second kappa shape index (κ2) is 5.26. The van der Waals surface area contributed by atoms with Crippen LogP contribution in [-0.2, 0) is 11.2 Å². The first kappa shape index (κ1) is 12.0. The van der Waals surface area contributed by atoms with Crippen LogP contribution in [-0.4, -0.2) is 26.1 Å². The number of nitrogens with one attached hydrogen (secondary N) is 2. The van der Waals surface area contributed by atoms with Gasteiger partial charge in [0.25, 0.3) is 0 Å². The third-order valence-corrected chi connectivity index (χ3v) is 2.41. The number of carbonyl (C=O) groups excluding carboxylic acids is 1. The van der Waals surface area contributed by atoms with Gasteiger partial charge in [0.1, 0.15) is 12.2 Å². The van der Waals surface area contributed by atoms with Crippen LogP contribution in [0.1, 0.15) is 24.5 Å². The van der Waals surface area contributed by atoms with Crippen LogP contribution in [0.5, 0.6) is 0 Å². The molecule has 18 heavy (non-hydrogen) atoms. The molecule has 2 aromatic heterocycles. The van der Waals surface area contributed by atoms with E-state index >= 15 is 0 Å². The fraction of sp³-hybridized carbons (Fsp3) is 0.273. The Hall–Kier alpha value is -2.44. The number of rotatable bonds is 4. The third kappa shape index (κ3) is 3.03. The summed E-state index contributed by atoms with van der Waals surface area (Å²) < 4.78 is 0. The first-order valence-electron chi connectivity index (χ1n) is 5.50. The Labute approximate surface area is 104 Å². The van der Waals surface area contributed by atoms with Crippen molar-refractivity contribution in [3.05, 3.63) is 36.2 Å². The van der Waals surface area contributed by atoms with Gasteiger partial charge in [0.15, 0.2) is 0 Å². The zero-order valence-corrected chi connectivity index (χ0v) is 9.92. The van der Waals surface area contributed by atoms with Crippen molar-refractivity contribution in [3.8, 4) is 0 Å². The van der Waals surface area contributed by atoms with Crippen LogP contribution in [0.15, 0.2) is 24.7 Å². The molecule has 2 heterocycles. The second-order valence-electron chi connectivity index (χ2n) is 3.92. The Bertz CT molecular complexity index is 507. The molecule has 7 nitrogen and oxygen atoms in total. The van der Waals surface area contributed by atoms with Crippen LogP contribution < -0.4 is 11.1 Å². The van der Waals surface area contributed by atoms with Crippen LogP contribution >= 0.6 is 0 Å². The van der Waals surface area contributed by atoms with E-state index in [0.717, 1.165) is 0 Å². The Morgan fingerprint density at radius 1 is 1.50 bits per heavy atom. The number of nitrogens with two attached hydrogens (primary N) is 1. The molecule has 94 valence electrons. The molecule has 1 unspecified atom stereocenters. The van der Waals surface area contributed by atoms with Gasteiger partial charge in [-0.1, -0.05) is 0 Å². The maximum absolute atomic E-state index is 11.8. The van der Waals surface area contributed by atoms with Gasteiger partial charge in [0.05, 0.1) is 24.3 Å². The lowest BCUT2D eigenvalue weighted by molar-refractivity contribution is -0.121. The quantitative estimate of drug-likeness (QED) is 0.714. The zero-order chi connectivity index (χ0) is 13.0. The molecular weight excluding hydrogens is 232 g/mol. The summed E-state index contributed by atoms with van der Waals surface area (Å²) in [6.45, 7) is 1.83. The molecule has 0 radical (unpaired) electrons. The molecule has 0 aliphatic heterocycles. The highest BCUT2D eigenvalue weighted by atomic mass is 16.1. The van der Waals surface area contributed by atoms with Gasteiger partial charge in [0, 0.05) is 5.69 Å². The van der Waals surface area contributed by atoms with Gasteiger partial charge in [-0.2, -0.15) is 5.10 Å². The van der Waals surface area contributed by atoms with Crippen LogP contribution in [0.3, 0.4) is 0 Å². The fourth-order valence-electron chi connectivity index (χ4n) is 1.49. The molecule has 2 rings (SSSR count). The number of H-pyrrole nitrogens is 1. The Balaban J connectivity index is 1.91. The van der Waals surface area contributed by atoms with Crippen LogP contribution in [0.2, 0.25) is 0 Å². The average molecular weight is 246 g/mol. The molecule has 0 saturated carbocycles. The lowest BCUT2D eigenvalue weighted by Crippen LogP contribution is -2.29. The van der Waals surface area contributed by atoms with Crippen molar-refractivity contribution in [1.29, 1.82) is 0 Å². The second-order valence-corrected chi connectivity index (χ2v) is 3.92. The standard InChI is InChI=1S/C11H14N6O/c1-7(11-14-6-15-17-11)16-10(18)4-9-3-2-8(12)5-13-9/h2-3,5-7H,4,12H2,1H3,(H,16,18)(H,14,15,17). The summed E-state index contributed by atoms with van der Waals surface area (Å²) in [5.74, 6) is 0.491. The molecule has 7 heteroatoms. The Morgan fingerprint density at radius 3 is 2.94 bits per heavy atom. The van der Waals surface area contributed by atoms with E-state index < -0.39 is 0 Å². The zero-order valence-electron chi connectivity index (χ0n) is 9.92. The van der Waals surface area contributed by atoms with Gasteiger partial charge < -0.3 is 11.1 Å². The first-order chi connectivity index (χ1) is 8.65. The SMILES string of the molecule is CC(NC(=O)Cc1ccc(N)cn1)c1ncn[nH]1. The molecule has 1 atom stereocenters. The van der Waals surface area contributed by atoms with Crippen LogP contribution in [0.25, 0.3) is 0 Å². The minimum Gasteiger partial charge on any atom is -0.397 e. The number of hydrogen-bond donors (Lipinski definition) is 3. The van der Waals surface area contributed by atoms with Gasteiger partial charge in [-0.3, -0.25) is 14.9 Å². The lowest BCUT2D eigenvalue weighted by atomic mass is 10.2. The maximum Gasteiger partial charge on any atom is 0.226 e. The van der Waals surface area contributed by atoms with Gasteiger partial charge in [-0.15, -0.1) is 0 Å². The summed E-state index contributed by atoms with van der Waals surface area (Å²) in [6, 6.07) is 3.23. The highest BCUT2D eigenvalue weighted by molar-refractivity contribution is 5.78. The smallest absolute Gasteiger partial charge is 0.226 e. The first-order valence-corrected chi connectivity index (χ1v) is 5.50. The van der Waals surface area contributed by atoms with Crippen molar-refractivity contribution in [3.63, 3.8) is 0 Å². The predicted octanol–water partition coefficient (Wildman–Crippen LogP) is 0.202. The van der Waals surface area contributed by atoms with Crippen molar-refractivity contribution in [1.82, 2.24) is 25.5 Å². The van der Waals surface area contributed by atoms with E-state index in [1.807, 2.05) is 6.92 Å². The molecular formula is C11H14N6O. The fourth-order valence-corrected chi connectivity index (χ4v) is 1.49. The van der Waals surface area contributed by atoms with Crippen molar-refractivity contribution >= 4 is 11.6 Å². The van der Waals surface area contributed by atoms with Crippen molar-refractivity contribution in [2.45, 2.75) is 19.4 Å². The maximum atomic E-state index is 11.8. The molecule has 0 aliphatic carbocycles. The number of pyridine rings is 1. The normalized spacial score (nSPS) is 12.1. The number of amides is 1. The summed E-state index contributed by atoms with van der Waals surface area (Å²) in [4.78, 5) is 19.8. The molecule has 0 spiro atoms. The third-order valence-electron chi connectivity index (χ3n) is 2.41. The molecule has 0 fully saturated rings. The number of carbonyl (C=O) groups is 1. The number of hydrogen-bond acceptors (Lipinski definition) is 5. The molecule has 0 saturated heterocycles. The van der Waals surface area contributed by atoms with Gasteiger partial charge in [0.2, 0.25) is 5.91 Å². The Morgan fingerprint density at radius 2 is 2.33 bits per heavy atom. The van der Waals surface area contributed by atoms with E-state index in [4.69, 9.17) is 5.73 Å². The van der Waals surface area contributed by atoms with E-state index in [2.05, 4.69) is 25.5 Å². The number of nitrogen functional groups attached to an aromatic ring is 1. The average Bonchev–Trinajstić information content (AvgIpc) is 2.85. The summed E-state index contributed by atoms with van der Waals surface area (Å²) in [7, 11) is 0. The van der Waals surface area contributed by atoms with Crippen LogP contribution in [0, 0.1) is 0 Å². The Kier molecular flexibility index (Phi) is 3.52. The highest BCUT2D eigenvalue weighted by Crippen LogP contribution is 2.06. The molecule has 0 bridgehead atoms. The van der Waals surface area contributed by atoms with E-state index in [1.165, 1.54) is 12.5 Å². The summed E-state index contributed by atoms with van der Waals surface area (Å²) >= 11 is 0. The topological polar surface area (TPSA) is 110 Å². The van der Waals surface area contributed by atoms with Crippen molar-refractivity contribution in [2.75, 3.05) is 5.73 Å². The predicted molar refractivity (Wildman–Crippen MR) is 65.3 cm³/mol. The minimum absolute atomic E-state index is 0.129. The number of nitrogens with zero attached hydrogens (tertiary/aromatic N) is 3. The molecule has 1 amide bonds. The van der Waals surface area contributed by atoms with Gasteiger partial charge in [-0.25, -0.2) is 4.98 Å². The number of aromatic nitrogens is 4. The largest absolute Gasteiger partial charge is 0.397 e. The van der Waals surface area contributed by atoms with Crippen molar-refractivity contribution < 1.29 is 4.79 Å². The minimum atomic E-state index is -0.214. The molecule has 2 aromatic rings. The van der Waals surface area contributed by atoms with Gasteiger partial charge >= 0.3 is 0 Å². The lowest BCUT2D eigenvalue weighted by Gasteiger charge is -2.10. The van der Waals surface area contributed by atoms with Crippen molar-refractivity contribution in [2.24, 2.45) is 0 Å². The molecule has 0 aromatic carbocycles. The van der Waals surface area contributed by atoms with Crippen LogP contribution in [0.4, 0.5) is 5.69 Å². The van der Waals surface area contributed by atoms with E-state index in [-0.39, 0.29) is 18.4 Å². The van der Waals surface area contributed by atoms with E-state index in [1.54, 1.807) is 12.1 Å². The summed E-state index contributed by atoms with van der Waals surface area (Å²) in [5.41, 5.74) is 6.77. The highest BCUT2D eigenvalue weighted by Gasteiger charge is 2.12. The molecule has 0 aliphatic rings. The molecule has 4 N–H and O–H groups in total. The van der Waals surface area contributed by atoms with Gasteiger partial charge in [-0.05, 0) is 19.1 Å². The van der Waals surface area contributed by atoms with E-state index in [0.29, 0.717) is 17.2 Å². The summed E-state index contributed by atoms with van der Waals surface area (Å²) in [6.07, 6.45) is 3.14. The monoisotopic (exact) mass is 246 g/mol.